The van der Waals surface area contributed by atoms with Crippen molar-refractivity contribution in [3.63, 3.8) is 0 Å². The smallest absolute Gasteiger partial charge is 0.242 e. The Morgan fingerprint density at radius 3 is 2.48 bits per heavy atom. The minimum absolute atomic E-state index is 0.289. The summed E-state index contributed by atoms with van der Waals surface area (Å²) in [6.07, 6.45) is 3.28. The van der Waals surface area contributed by atoms with Crippen molar-refractivity contribution in [1.29, 1.82) is 0 Å². The number of benzene rings is 1. The molecule has 0 radical (unpaired) electrons. The van der Waals surface area contributed by atoms with Gasteiger partial charge in [-0.2, -0.15) is 0 Å². The van der Waals surface area contributed by atoms with Gasteiger partial charge >= 0.3 is 0 Å². The molecule has 1 aromatic rings. The van der Waals surface area contributed by atoms with Gasteiger partial charge in [-0.05, 0) is 37.9 Å². The maximum Gasteiger partial charge on any atom is 0.242 e. The number of carbonyl (C=O) groups excluding carboxylic acids is 1. The molecule has 21 heavy (non-hydrogen) atoms. The van der Waals surface area contributed by atoms with E-state index in [9.17, 15) is 4.79 Å². The number of hydrogen-bond acceptors (Lipinski definition) is 3. The quantitative estimate of drug-likeness (QED) is 0.729. The SMILES string of the molecule is CCNC(CCN(CC)C1CC1)(C(N)=O)c1ccccc1. The molecule has 1 unspecified atom stereocenters. The van der Waals surface area contributed by atoms with Crippen molar-refractivity contribution in [3.05, 3.63) is 35.9 Å². The van der Waals surface area contributed by atoms with Gasteiger partial charge in [0.2, 0.25) is 5.91 Å². The van der Waals surface area contributed by atoms with E-state index in [-0.39, 0.29) is 5.91 Å². The molecule has 0 saturated heterocycles. The standard InChI is InChI=1S/C17H27N3O/c1-3-19-17(16(18)21,14-8-6-5-7-9-14)12-13-20(4-2)15-10-11-15/h5-9,15,19H,3-4,10-13H2,1-2H3,(H2,18,21). The first-order chi connectivity index (χ1) is 10.1. The van der Waals surface area contributed by atoms with Crippen molar-refractivity contribution >= 4 is 5.91 Å². The fraction of sp³-hybridized carbons (Fsp3) is 0.588. The fourth-order valence-corrected chi connectivity index (χ4v) is 3.06. The summed E-state index contributed by atoms with van der Waals surface area (Å²) in [6.45, 7) is 6.83. The van der Waals surface area contributed by atoms with Gasteiger partial charge in [0.1, 0.15) is 5.54 Å². The highest BCUT2D eigenvalue weighted by molar-refractivity contribution is 5.86. The van der Waals surface area contributed by atoms with E-state index in [0.29, 0.717) is 19.0 Å². The largest absolute Gasteiger partial charge is 0.368 e. The first-order valence-corrected chi connectivity index (χ1v) is 7.98. The third-order valence-electron chi connectivity index (χ3n) is 4.41. The van der Waals surface area contributed by atoms with E-state index in [4.69, 9.17) is 5.73 Å². The van der Waals surface area contributed by atoms with Gasteiger partial charge in [-0.3, -0.25) is 10.1 Å². The summed E-state index contributed by atoms with van der Waals surface area (Å²) in [7, 11) is 0. The number of likely N-dealkylation sites (N-methyl/N-ethyl adjacent to an activating group) is 1. The topological polar surface area (TPSA) is 58.4 Å². The normalized spacial score (nSPS) is 17.7. The Bertz CT molecular complexity index is 458. The Morgan fingerprint density at radius 2 is 2.00 bits per heavy atom. The van der Waals surface area contributed by atoms with Gasteiger partial charge < -0.3 is 10.6 Å². The molecular formula is C17H27N3O. The van der Waals surface area contributed by atoms with Crippen LogP contribution in [0.25, 0.3) is 0 Å². The molecule has 2 rings (SSSR count). The molecule has 3 N–H and O–H groups in total. The lowest BCUT2D eigenvalue weighted by Crippen LogP contribution is -2.54. The molecule has 1 fully saturated rings. The van der Waals surface area contributed by atoms with Gasteiger partial charge in [0.25, 0.3) is 0 Å². The molecule has 0 aliphatic heterocycles. The summed E-state index contributed by atoms with van der Waals surface area (Å²) in [4.78, 5) is 14.7. The van der Waals surface area contributed by atoms with Crippen molar-refractivity contribution < 1.29 is 4.79 Å². The molecule has 0 bridgehead atoms. The molecule has 0 heterocycles. The van der Waals surface area contributed by atoms with Crippen molar-refractivity contribution in [3.8, 4) is 0 Å². The lowest BCUT2D eigenvalue weighted by molar-refractivity contribution is -0.125. The first kappa shape index (κ1) is 16.0. The van der Waals surface area contributed by atoms with E-state index in [2.05, 4.69) is 17.1 Å². The van der Waals surface area contributed by atoms with Crippen molar-refractivity contribution in [1.82, 2.24) is 10.2 Å². The average molecular weight is 289 g/mol. The second kappa shape index (κ2) is 7.05. The second-order valence-corrected chi connectivity index (χ2v) is 5.78. The number of nitrogens with zero attached hydrogens (tertiary/aromatic N) is 1. The number of amides is 1. The van der Waals surface area contributed by atoms with Crippen molar-refractivity contribution in [2.24, 2.45) is 5.73 Å². The maximum atomic E-state index is 12.2. The average Bonchev–Trinajstić information content (AvgIpc) is 3.32. The number of nitrogens with one attached hydrogen (secondary N) is 1. The predicted molar refractivity (Wildman–Crippen MR) is 85.9 cm³/mol. The molecule has 1 saturated carbocycles. The van der Waals surface area contributed by atoms with Crippen LogP contribution in [0, 0.1) is 0 Å². The predicted octanol–water partition coefficient (Wildman–Crippen LogP) is 1.85. The van der Waals surface area contributed by atoms with E-state index >= 15 is 0 Å². The summed E-state index contributed by atoms with van der Waals surface area (Å²) >= 11 is 0. The van der Waals surface area contributed by atoms with E-state index < -0.39 is 5.54 Å². The Balaban J connectivity index is 2.20. The van der Waals surface area contributed by atoms with Crippen LogP contribution >= 0.6 is 0 Å². The van der Waals surface area contributed by atoms with Gasteiger partial charge in [-0.25, -0.2) is 0 Å². The third-order valence-corrected chi connectivity index (χ3v) is 4.41. The molecule has 4 nitrogen and oxygen atoms in total. The Kier molecular flexibility index (Phi) is 5.37. The van der Waals surface area contributed by atoms with Crippen LogP contribution < -0.4 is 11.1 Å². The highest BCUT2D eigenvalue weighted by atomic mass is 16.1. The number of rotatable bonds is 9. The lowest BCUT2D eigenvalue weighted by Gasteiger charge is -2.34. The Labute approximate surface area is 127 Å². The van der Waals surface area contributed by atoms with Crippen LogP contribution in [0.4, 0.5) is 0 Å². The maximum absolute atomic E-state index is 12.2. The highest BCUT2D eigenvalue weighted by Gasteiger charge is 2.39. The molecule has 4 heteroatoms. The first-order valence-electron chi connectivity index (χ1n) is 7.98. The fourth-order valence-electron chi connectivity index (χ4n) is 3.06. The van der Waals surface area contributed by atoms with E-state index in [1.54, 1.807) is 0 Å². The van der Waals surface area contributed by atoms with Crippen LogP contribution in [-0.4, -0.2) is 36.5 Å². The van der Waals surface area contributed by atoms with Crippen LogP contribution in [-0.2, 0) is 10.3 Å². The minimum Gasteiger partial charge on any atom is -0.368 e. The minimum atomic E-state index is -0.766. The zero-order chi connectivity index (χ0) is 15.3. The molecule has 1 atom stereocenters. The van der Waals surface area contributed by atoms with Gasteiger partial charge in [-0.15, -0.1) is 0 Å². The molecule has 1 aromatic carbocycles. The molecule has 0 spiro atoms. The lowest BCUT2D eigenvalue weighted by atomic mass is 9.85. The van der Waals surface area contributed by atoms with E-state index in [0.717, 1.165) is 18.7 Å². The number of hydrogen-bond donors (Lipinski definition) is 2. The van der Waals surface area contributed by atoms with Crippen LogP contribution in [0.1, 0.15) is 38.7 Å². The summed E-state index contributed by atoms with van der Waals surface area (Å²) in [5.74, 6) is -0.289. The Hall–Kier alpha value is -1.39. The second-order valence-electron chi connectivity index (χ2n) is 5.78. The molecular weight excluding hydrogens is 262 g/mol. The molecule has 0 aromatic heterocycles. The van der Waals surface area contributed by atoms with Crippen molar-refractivity contribution in [2.45, 2.75) is 44.7 Å². The zero-order valence-corrected chi connectivity index (χ0v) is 13.1. The summed E-state index contributed by atoms with van der Waals surface area (Å²) in [6, 6.07) is 10.6. The molecule has 1 aliphatic rings. The van der Waals surface area contributed by atoms with Crippen LogP contribution in [0.3, 0.4) is 0 Å². The summed E-state index contributed by atoms with van der Waals surface area (Å²) < 4.78 is 0. The third kappa shape index (κ3) is 3.63. The number of carbonyl (C=O) groups is 1. The molecule has 1 aliphatic carbocycles. The zero-order valence-electron chi connectivity index (χ0n) is 13.1. The van der Waals surface area contributed by atoms with Crippen LogP contribution in [0.2, 0.25) is 0 Å². The van der Waals surface area contributed by atoms with Crippen LogP contribution in [0.5, 0.6) is 0 Å². The van der Waals surface area contributed by atoms with Crippen LogP contribution in [0.15, 0.2) is 30.3 Å². The highest BCUT2D eigenvalue weighted by Crippen LogP contribution is 2.30. The van der Waals surface area contributed by atoms with Gasteiger partial charge in [0, 0.05) is 12.6 Å². The van der Waals surface area contributed by atoms with Gasteiger partial charge in [-0.1, -0.05) is 44.2 Å². The molecule has 116 valence electrons. The van der Waals surface area contributed by atoms with Gasteiger partial charge in [0.05, 0.1) is 0 Å². The summed E-state index contributed by atoms with van der Waals surface area (Å²) in [5.41, 5.74) is 5.99. The number of primary amides is 1. The summed E-state index contributed by atoms with van der Waals surface area (Å²) in [5, 5.41) is 3.35. The molecule has 1 amide bonds. The Morgan fingerprint density at radius 1 is 1.33 bits per heavy atom. The van der Waals surface area contributed by atoms with Crippen molar-refractivity contribution in [2.75, 3.05) is 19.6 Å². The van der Waals surface area contributed by atoms with Gasteiger partial charge in [0.15, 0.2) is 0 Å². The monoisotopic (exact) mass is 289 g/mol. The van der Waals surface area contributed by atoms with E-state index in [1.807, 2.05) is 37.3 Å². The number of nitrogens with two attached hydrogens (primary N) is 1. The van der Waals surface area contributed by atoms with E-state index in [1.165, 1.54) is 12.8 Å².